The summed E-state index contributed by atoms with van der Waals surface area (Å²) in [5.41, 5.74) is 11.6. The Bertz CT molecular complexity index is 967. The molecule has 5 nitrogen and oxygen atoms in total. The number of benzene rings is 1. The minimum Gasteiger partial charge on any atom is -0.424 e. The van der Waals surface area contributed by atoms with Gasteiger partial charge in [0.2, 0.25) is 0 Å². The summed E-state index contributed by atoms with van der Waals surface area (Å²) in [7, 11) is 0. The monoisotopic (exact) mass is 292 g/mol. The molecule has 5 heteroatoms. The van der Waals surface area contributed by atoms with Gasteiger partial charge in [0.1, 0.15) is 11.2 Å². The van der Waals surface area contributed by atoms with Gasteiger partial charge < -0.3 is 14.6 Å². The maximum atomic E-state index is 5.58. The van der Waals surface area contributed by atoms with Crippen molar-refractivity contribution in [1.29, 1.82) is 0 Å². The summed E-state index contributed by atoms with van der Waals surface area (Å²) in [4.78, 5) is 8.81. The van der Waals surface area contributed by atoms with Crippen LogP contribution in [0.25, 0.3) is 16.7 Å². The quantitative estimate of drug-likeness (QED) is 0.629. The third-order valence-electron chi connectivity index (χ3n) is 3.99. The van der Waals surface area contributed by atoms with Gasteiger partial charge in [-0.15, -0.1) is 0 Å². The maximum absolute atomic E-state index is 5.58. The second-order valence-corrected chi connectivity index (χ2v) is 5.43. The van der Waals surface area contributed by atoms with E-state index in [1.807, 2.05) is 36.5 Å². The summed E-state index contributed by atoms with van der Waals surface area (Å²) >= 11 is 0. The molecule has 4 aromatic rings. The van der Waals surface area contributed by atoms with Gasteiger partial charge in [-0.05, 0) is 49.6 Å². The van der Waals surface area contributed by atoms with Gasteiger partial charge in [0.05, 0.1) is 5.69 Å². The Labute approximate surface area is 127 Å². The van der Waals surface area contributed by atoms with Crippen LogP contribution in [-0.2, 0) is 12.8 Å². The summed E-state index contributed by atoms with van der Waals surface area (Å²) in [5, 5.41) is 0. The predicted octanol–water partition coefficient (Wildman–Crippen LogP) is 3.15. The van der Waals surface area contributed by atoms with Crippen LogP contribution in [0.15, 0.2) is 47.0 Å². The molecule has 0 saturated heterocycles. The Morgan fingerprint density at radius 2 is 2.05 bits per heavy atom. The molecule has 0 amide bonds. The van der Waals surface area contributed by atoms with Gasteiger partial charge in [0, 0.05) is 11.9 Å². The van der Waals surface area contributed by atoms with E-state index in [-0.39, 0.29) is 6.01 Å². The maximum Gasteiger partial charge on any atom is 0.292 e. The number of aryl methyl sites for hydroxylation is 3. The molecule has 3 aromatic heterocycles. The standard InChI is InChI=1S/C17H16N4O/c1-11-13(19-16-4-2-3-9-21(11)16)7-5-12-6-8-14-15(10-12)22-17(18)20-14/h2-4,6,8-10H,5,7H2,1H3,(H2,18,20). The molecule has 0 atom stereocenters. The van der Waals surface area contributed by atoms with E-state index in [0.717, 1.165) is 35.3 Å². The van der Waals surface area contributed by atoms with E-state index in [0.29, 0.717) is 0 Å². The van der Waals surface area contributed by atoms with Crippen LogP contribution in [0.1, 0.15) is 17.0 Å². The van der Waals surface area contributed by atoms with Crippen molar-refractivity contribution in [2.24, 2.45) is 0 Å². The molecule has 0 aliphatic heterocycles. The third kappa shape index (κ3) is 2.11. The molecule has 110 valence electrons. The van der Waals surface area contributed by atoms with E-state index < -0.39 is 0 Å². The highest BCUT2D eigenvalue weighted by Crippen LogP contribution is 2.20. The van der Waals surface area contributed by atoms with Crippen molar-refractivity contribution in [2.75, 3.05) is 5.73 Å². The zero-order chi connectivity index (χ0) is 15.1. The molecule has 0 fully saturated rings. The number of hydrogen-bond acceptors (Lipinski definition) is 4. The van der Waals surface area contributed by atoms with E-state index >= 15 is 0 Å². The lowest BCUT2D eigenvalue weighted by Crippen LogP contribution is -1.94. The fourth-order valence-electron chi connectivity index (χ4n) is 2.81. The van der Waals surface area contributed by atoms with Crippen LogP contribution < -0.4 is 5.73 Å². The first-order valence-corrected chi connectivity index (χ1v) is 7.28. The van der Waals surface area contributed by atoms with Crippen molar-refractivity contribution in [1.82, 2.24) is 14.4 Å². The van der Waals surface area contributed by atoms with Gasteiger partial charge in [-0.1, -0.05) is 12.1 Å². The van der Waals surface area contributed by atoms with E-state index in [1.54, 1.807) is 0 Å². The van der Waals surface area contributed by atoms with Gasteiger partial charge in [0.15, 0.2) is 5.58 Å². The number of pyridine rings is 1. The summed E-state index contributed by atoms with van der Waals surface area (Å²) in [6.45, 7) is 2.11. The average molecular weight is 292 g/mol. The van der Waals surface area contributed by atoms with Crippen LogP contribution in [0.4, 0.5) is 6.01 Å². The van der Waals surface area contributed by atoms with E-state index in [1.165, 1.54) is 11.3 Å². The molecular weight excluding hydrogens is 276 g/mol. The minimum atomic E-state index is 0.211. The van der Waals surface area contributed by atoms with Crippen LogP contribution in [0, 0.1) is 6.92 Å². The fraction of sp³-hybridized carbons (Fsp3) is 0.176. The fourth-order valence-corrected chi connectivity index (χ4v) is 2.81. The van der Waals surface area contributed by atoms with E-state index in [2.05, 4.69) is 22.4 Å². The molecule has 0 spiro atoms. The second kappa shape index (κ2) is 4.87. The number of aromatic nitrogens is 3. The largest absolute Gasteiger partial charge is 0.424 e. The summed E-state index contributed by atoms with van der Waals surface area (Å²) in [6, 6.07) is 12.3. The molecule has 1 aromatic carbocycles. The van der Waals surface area contributed by atoms with Crippen molar-refractivity contribution in [3.05, 3.63) is 59.5 Å². The van der Waals surface area contributed by atoms with Crippen molar-refractivity contribution in [3.8, 4) is 0 Å². The van der Waals surface area contributed by atoms with Crippen LogP contribution in [0.2, 0.25) is 0 Å². The number of nitrogen functional groups attached to an aromatic ring is 1. The molecule has 3 heterocycles. The van der Waals surface area contributed by atoms with Crippen molar-refractivity contribution in [3.63, 3.8) is 0 Å². The van der Waals surface area contributed by atoms with Crippen molar-refractivity contribution < 1.29 is 4.42 Å². The number of anilines is 1. The minimum absolute atomic E-state index is 0.211. The molecule has 2 N–H and O–H groups in total. The van der Waals surface area contributed by atoms with Crippen molar-refractivity contribution in [2.45, 2.75) is 19.8 Å². The van der Waals surface area contributed by atoms with Gasteiger partial charge in [0.25, 0.3) is 6.01 Å². The molecule has 4 rings (SSSR count). The number of rotatable bonds is 3. The average Bonchev–Trinajstić information content (AvgIpc) is 3.04. The molecule has 0 aliphatic rings. The first-order valence-electron chi connectivity index (χ1n) is 7.28. The van der Waals surface area contributed by atoms with Crippen molar-refractivity contribution >= 4 is 22.8 Å². The predicted molar refractivity (Wildman–Crippen MR) is 85.8 cm³/mol. The molecule has 0 radical (unpaired) electrons. The topological polar surface area (TPSA) is 69.3 Å². The number of hydrogen-bond donors (Lipinski definition) is 1. The Hall–Kier alpha value is -2.82. The molecule has 22 heavy (non-hydrogen) atoms. The van der Waals surface area contributed by atoms with Crippen LogP contribution >= 0.6 is 0 Å². The Morgan fingerprint density at radius 1 is 1.14 bits per heavy atom. The number of imidazole rings is 1. The molecule has 0 aliphatic carbocycles. The number of nitrogens with two attached hydrogens (primary N) is 1. The molecule has 0 bridgehead atoms. The first kappa shape index (κ1) is 12.9. The lowest BCUT2D eigenvalue weighted by Gasteiger charge is -2.01. The highest BCUT2D eigenvalue weighted by atomic mass is 16.4. The number of oxazole rings is 1. The Balaban J connectivity index is 1.60. The number of nitrogens with zero attached hydrogens (tertiary/aromatic N) is 3. The van der Waals surface area contributed by atoms with Gasteiger partial charge in [-0.25, -0.2) is 4.98 Å². The highest BCUT2D eigenvalue weighted by Gasteiger charge is 2.09. The Kier molecular flexibility index (Phi) is 2.85. The zero-order valence-electron chi connectivity index (χ0n) is 12.3. The molecular formula is C17H16N4O. The highest BCUT2D eigenvalue weighted by molar-refractivity contribution is 5.74. The SMILES string of the molecule is Cc1c(CCc2ccc3nc(N)oc3c2)nc2ccccn12. The van der Waals surface area contributed by atoms with Crippen LogP contribution in [0.5, 0.6) is 0 Å². The second-order valence-electron chi connectivity index (χ2n) is 5.43. The third-order valence-corrected chi connectivity index (χ3v) is 3.99. The lowest BCUT2D eigenvalue weighted by atomic mass is 10.1. The lowest BCUT2D eigenvalue weighted by molar-refractivity contribution is 0.625. The first-order chi connectivity index (χ1) is 10.7. The van der Waals surface area contributed by atoms with Gasteiger partial charge >= 0.3 is 0 Å². The van der Waals surface area contributed by atoms with Gasteiger partial charge in [-0.2, -0.15) is 4.98 Å². The Morgan fingerprint density at radius 3 is 2.91 bits per heavy atom. The molecule has 0 unspecified atom stereocenters. The van der Waals surface area contributed by atoms with E-state index in [9.17, 15) is 0 Å². The summed E-state index contributed by atoms with van der Waals surface area (Å²) < 4.78 is 7.50. The van der Waals surface area contributed by atoms with Crippen LogP contribution in [-0.4, -0.2) is 14.4 Å². The van der Waals surface area contributed by atoms with Crippen LogP contribution in [0.3, 0.4) is 0 Å². The zero-order valence-corrected chi connectivity index (χ0v) is 12.3. The van der Waals surface area contributed by atoms with E-state index in [4.69, 9.17) is 15.1 Å². The summed E-state index contributed by atoms with van der Waals surface area (Å²) in [5.74, 6) is 0. The number of fused-ring (bicyclic) bond motifs is 2. The van der Waals surface area contributed by atoms with Gasteiger partial charge in [-0.3, -0.25) is 0 Å². The normalized spacial score (nSPS) is 11.5. The molecule has 0 saturated carbocycles. The summed E-state index contributed by atoms with van der Waals surface area (Å²) in [6.07, 6.45) is 3.84. The smallest absolute Gasteiger partial charge is 0.292 e.